The normalized spacial score (nSPS) is 31.0. The van der Waals surface area contributed by atoms with Crippen LogP contribution in [0, 0.1) is 5.92 Å². The Morgan fingerprint density at radius 2 is 1.95 bits per heavy atom. The van der Waals surface area contributed by atoms with Gasteiger partial charge in [-0.2, -0.15) is 0 Å². The number of aliphatic imine (C=N–C) groups is 1. The SMILES string of the molecule is CC1C/C=C(NCCCNC2CCCCC2)/N=C(Cl)\C=C/1Cl. The highest BCUT2D eigenvalue weighted by Crippen LogP contribution is 2.22. The van der Waals surface area contributed by atoms with Crippen molar-refractivity contribution in [3.63, 3.8) is 0 Å². The van der Waals surface area contributed by atoms with E-state index in [1.54, 1.807) is 6.08 Å². The van der Waals surface area contributed by atoms with Gasteiger partial charge in [0.15, 0.2) is 0 Å². The summed E-state index contributed by atoms with van der Waals surface area (Å²) in [5.41, 5.74) is 0. The van der Waals surface area contributed by atoms with E-state index in [0.29, 0.717) is 5.17 Å². The zero-order valence-electron chi connectivity index (χ0n) is 13.4. The van der Waals surface area contributed by atoms with E-state index in [1.807, 2.05) is 0 Å². The highest BCUT2D eigenvalue weighted by Gasteiger charge is 2.12. The Bertz CT molecular complexity index is 437. The van der Waals surface area contributed by atoms with Gasteiger partial charge in [0.1, 0.15) is 11.0 Å². The highest BCUT2D eigenvalue weighted by atomic mass is 35.5. The molecule has 1 fully saturated rings. The molecule has 2 N–H and O–H groups in total. The van der Waals surface area contributed by atoms with Crippen molar-refractivity contribution in [2.24, 2.45) is 10.9 Å². The standard InChI is InChI=1S/C17H27Cl2N3/c1-13-8-9-17(22-16(19)12-15(13)18)21-11-5-10-20-14-6-3-2-4-7-14/h9,12-14,20-21H,2-8,10-11H2,1H3/b15-12+,17-9+,22-16+. The van der Waals surface area contributed by atoms with Crippen LogP contribution >= 0.6 is 23.2 Å². The Hall–Kier alpha value is -0.510. The van der Waals surface area contributed by atoms with Crippen LogP contribution in [0.5, 0.6) is 0 Å². The molecule has 5 heteroatoms. The molecule has 0 aromatic carbocycles. The van der Waals surface area contributed by atoms with Gasteiger partial charge in [-0.05, 0) is 50.3 Å². The molecule has 3 nitrogen and oxygen atoms in total. The fourth-order valence-corrected chi connectivity index (χ4v) is 3.34. The molecule has 0 bridgehead atoms. The van der Waals surface area contributed by atoms with E-state index in [1.165, 1.54) is 32.1 Å². The van der Waals surface area contributed by atoms with Crippen LogP contribution in [0.3, 0.4) is 0 Å². The van der Waals surface area contributed by atoms with Crippen molar-refractivity contribution in [1.82, 2.24) is 10.6 Å². The number of rotatable bonds is 6. The third kappa shape index (κ3) is 6.31. The summed E-state index contributed by atoms with van der Waals surface area (Å²) in [6.07, 6.45) is 12.6. The zero-order valence-corrected chi connectivity index (χ0v) is 14.9. The molecule has 1 atom stereocenters. The average molecular weight is 344 g/mol. The molecule has 22 heavy (non-hydrogen) atoms. The highest BCUT2D eigenvalue weighted by molar-refractivity contribution is 6.69. The molecule has 0 amide bonds. The van der Waals surface area contributed by atoms with E-state index in [9.17, 15) is 0 Å². The second-order valence-corrected chi connectivity index (χ2v) is 7.08. The average Bonchev–Trinajstić information content (AvgIpc) is 2.51. The van der Waals surface area contributed by atoms with Gasteiger partial charge in [-0.25, -0.2) is 4.99 Å². The predicted molar refractivity (Wildman–Crippen MR) is 96.6 cm³/mol. The van der Waals surface area contributed by atoms with Crippen molar-refractivity contribution >= 4 is 28.4 Å². The zero-order chi connectivity index (χ0) is 15.8. The molecule has 2 aliphatic rings. The lowest BCUT2D eigenvalue weighted by Gasteiger charge is -2.22. The van der Waals surface area contributed by atoms with Gasteiger partial charge in [-0.1, -0.05) is 49.4 Å². The number of halogens is 2. The monoisotopic (exact) mass is 343 g/mol. The minimum absolute atomic E-state index is 0.288. The van der Waals surface area contributed by atoms with Crippen LogP contribution in [0.4, 0.5) is 0 Å². The third-order valence-electron chi connectivity index (χ3n) is 4.32. The lowest BCUT2D eigenvalue weighted by molar-refractivity contribution is 0.372. The lowest BCUT2D eigenvalue weighted by Crippen LogP contribution is -2.33. The van der Waals surface area contributed by atoms with Gasteiger partial charge in [0.2, 0.25) is 0 Å². The van der Waals surface area contributed by atoms with E-state index < -0.39 is 0 Å². The molecule has 0 radical (unpaired) electrons. The smallest absolute Gasteiger partial charge is 0.132 e. The maximum absolute atomic E-state index is 6.14. The lowest BCUT2D eigenvalue weighted by atomic mass is 9.95. The summed E-state index contributed by atoms with van der Waals surface area (Å²) in [5, 5.41) is 8.23. The van der Waals surface area contributed by atoms with Gasteiger partial charge in [0, 0.05) is 17.6 Å². The maximum atomic E-state index is 6.14. The topological polar surface area (TPSA) is 36.4 Å². The summed E-state index contributed by atoms with van der Waals surface area (Å²) >= 11 is 12.2. The second kappa shape index (κ2) is 9.59. The first kappa shape index (κ1) is 17.8. The molecule has 1 aliphatic carbocycles. The summed E-state index contributed by atoms with van der Waals surface area (Å²) in [4.78, 5) is 4.36. The van der Waals surface area contributed by atoms with Gasteiger partial charge >= 0.3 is 0 Å². The number of hydrogen-bond acceptors (Lipinski definition) is 3. The van der Waals surface area contributed by atoms with Gasteiger partial charge in [-0.3, -0.25) is 0 Å². The van der Waals surface area contributed by atoms with Gasteiger partial charge < -0.3 is 10.6 Å². The van der Waals surface area contributed by atoms with E-state index in [-0.39, 0.29) is 5.92 Å². The van der Waals surface area contributed by atoms with Crippen LogP contribution < -0.4 is 10.6 Å². The summed E-state index contributed by atoms with van der Waals surface area (Å²) in [6, 6.07) is 0.731. The van der Waals surface area contributed by atoms with Crippen molar-refractivity contribution in [1.29, 1.82) is 0 Å². The molecular formula is C17H27Cl2N3. The summed E-state index contributed by atoms with van der Waals surface area (Å²) in [5.74, 6) is 1.14. The van der Waals surface area contributed by atoms with Crippen LogP contribution in [-0.4, -0.2) is 24.3 Å². The number of nitrogens with zero attached hydrogens (tertiary/aromatic N) is 1. The van der Waals surface area contributed by atoms with Crippen molar-refractivity contribution in [2.75, 3.05) is 13.1 Å². The first-order valence-electron chi connectivity index (χ1n) is 8.44. The van der Waals surface area contributed by atoms with E-state index in [4.69, 9.17) is 23.2 Å². The number of nitrogens with one attached hydrogen (secondary N) is 2. The molecule has 0 aromatic rings. The van der Waals surface area contributed by atoms with Crippen LogP contribution in [0.15, 0.2) is 28.0 Å². The molecule has 1 heterocycles. The van der Waals surface area contributed by atoms with Gasteiger partial charge in [0.05, 0.1) is 0 Å². The minimum atomic E-state index is 0.288. The number of allylic oxidation sites excluding steroid dienone is 3. The van der Waals surface area contributed by atoms with Crippen molar-refractivity contribution in [3.8, 4) is 0 Å². The second-order valence-electron chi connectivity index (χ2n) is 6.26. The molecule has 2 rings (SSSR count). The Morgan fingerprint density at radius 1 is 1.18 bits per heavy atom. The molecule has 0 saturated heterocycles. The van der Waals surface area contributed by atoms with Crippen molar-refractivity contribution in [2.45, 2.75) is 57.9 Å². The van der Waals surface area contributed by atoms with Crippen LogP contribution in [0.2, 0.25) is 0 Å². The molecule has 124 valence electrons. The van der Waals surface area contributed by atoms with E-state index in [2.05, 4.69) is 28.6 Å². The molecule has 0 aromatic heterocycles. The Balaban J connectivity index is 1.68. The third-order valence-corrected chi connectivity index (χ3v) is 4.99. The Kier molecular flexibility index (Phi) is 7.77. The summed E-state index contributed by atoms with van der Waals surface area (Å²) in [6.45, 7) is 4.06. The summed E-state index contributed by atoms with van der Waals surface area (Å²) < 4.78 is 0. The first-order valence-corrected chi connectivity index (χ1v) is 9.19. The van der Waals surface area contributed by atoms with Crippen LogP contribution in [0.25, 0.3) is 0 Å². The van der Waals surface area contributed by atoms with Crippen LogP contribution in [0.1, 0.15) is 51.9 Å². The van der Waals surface area contributed by atoms with Gasteiger partial charge in [-0.15, -0.1) is 0 Å². The Morgan fingerprint density at radius 3 is 2.73 bits per heavy atom. The quantitative estimate of drug-likeness (QED) is 0.695. The maximum Gasteiger partial charge on any atom is 0.132 e. The van der Waals surface area contributed by atoms with Crippen molar-refractivity contribution in [3.05, 3.63) is 23.0 Å². The largest absolute Gasteiger partial charge is 0.370 e. The summed E-state index contributed by atoms with van der Waals surface area (Å²) in [7, 11) is 0. The van der Waals surface area contributed by atoms with Gasteiger partial charge in [0.25, 0.3) is 0 Å². The fourth-order valence-electron chi connectivity index (χ4n) is 2.88. The molecule has 0 spiro atoms. The molecule has 1 aliphatic heterocycles. The number of hydrogen-bond donors (Lipinski definition) is 2. The minimum Gasteiger partial charge on any atom is -0.370 e. The van der Waals surface area contributed by atoms with E-state index >= 15 is 0 Å². The predicted octanol–water partition coefficient (Wildman–Crippen LogP) is 4.53. The first-order chi connectivity index (χ1) is 10.6. The molecule has 1 saturated carbocycles. The van der Waals surface area contributed by atoms with Crippen molar-refractivity contribution < 1.29 is 0 Å². The van der Waals surface area contributed by atoms with Crippen LogP contribution in [-0.2, 0) is 0 Å². The molecule has 1 unspecified atom stereocenters. The van der Waals surface area contributed by atoms with E-state index in [0.717, 1.165) is 42.8 Å². The Labute approximate surface area is 144 Å². The fraction of sp³-hybridized carbons (Fsp3) is 0.706. The molecular weight excluding hydrogens is 317 g/mol.